The van der Waals surface area contributed by atoms with Crippen LogP contribution in [0.25, 0.3) is 11.1 Å². The Morgan fingerprint density at radius 2 is 0.797 bits per heavy atom. The normalized spacial score (nSPS) is 14.2. The zero-order valence-electron chi connectivity index (χ0n) is 30.8. The smallest absolute Gasteiger partial charge is 0.411 e. The third-order valence-electron chi connectivity index (χ3n) is 10.3. The number of aryl methyl sites for hydroxylation is 1. The number of alkyl halides is 6. The number of imide groups is 2. The van der Waals surface area contributed by atoms with E-state index >= 15 is 26.3 Å². The number of rotatable bonds is 8. The number of hydrogen-bond acceptors (Lipinski definition) is 6. The predicted octanol–water partition coefficient (Wildman–Crippen LogP) is 10.7. The van der Waals surface area contributed by atoms with Gasteiger partial charge in [0.05, 0.1) is 27.9 Å². The maximum absolute atomic E-state index is 15.0. The van der Waals surface area contributed by atoms with E-state index in [1.54, 1.807) is 12.1 Å². The van der Waals surface area contributed by atoms with Crippen molar-refractivity contribution in [1.82, 2.24) is 4.90 Å². The number of nitrogens with zero attached hydrogens (tertiary/aromatic N) is 2. The molecule has 4 amide bonds. The van der Waals surface area contributed by atoms with Crippen molar-refractivity contribution in [3.63, 3.8) is 0 Å². The van der Waals surface area contributed by atoms with Crippen molar-refractivity contribution in [3.05, 3.63) is 172 Å². The van der Waals surface area contributed by atoms with E-state index in [-0.39, 0.29) is 11.3 Å². The van der Waals surface area contributed by atoms with Gasteiger partial charge in [-0.05, 0) is 114 Å². The summed E-state index contributed by atoms with van der Waals surface area (Å²) in [5.41, 5.74) is -6.73. The molecule has 14 heteroatoms. The number of carbonyl (C=O) groups is 4. The highest BCUT2D eigenvalue weighted by Gasteiger charge is 2.73. The molecule has 0 unspecified atom stereocenters. The third-order valence-corrected chi connectivity index (χ3v) is 10.3. The van der Waals surface area contributed by atoms with Crippen LogP contribution in [0.5, 0.6) is 23.0 Å². The lowest BCUT2D eigenvalue weighted by Gasteiger charge is -2.38. The maximum Gasteiger partial charge on any atom is 0.411 e. The molecule has 0 atom stereocenters. The Hall–Kier alpha value is -7.22. The van der Waals surface area contributed by atoms with Crippen LogP contribution in [0.15, 0.2) is 133 Å². The van der Waals surface area contributed by atoms with Crippen LogP contribution in [-0.4, -0.2) is 47.9 Å². The highest BCUT2D eigenvalue weighted by atomic mass is 19.4. The lowest BCUT2D eigenvalue weighted by Crippen LogP contribution is -2.55. The highest BCUT2D eigenvalue weighted by molar-refractivity contribution is 6.34. The Morgan fingerprint density at radius 3 is 1.24 bits per heavy atom. The second-order valence-corrected chi connectivity index (χ2v) is 13.9. The molecule has 8 nitrogen and oxygen atoms in total. The van der Waals surface area contributed by atoms with Crippen molar-refractivity contribution in [2.75, 3.05) is 11.9 Å². The molecule has 2 aliphatic heterocycles. The van der Waals surface area contributed by atoms with Crippen LogP contribution in [-0.2, 0) is 5.41 Å². The minimum atomic E-state index is -6.07. The quantitative estimate of drug-likeness (QED) is 0.112. The number of benzene rings is 6. The van der Waals surface area contributed by atoms with Crippen LogP contribution in [0, 0.1) is 6.92 Å². The van der Waals surface area contributed by atoms with Gasteiger partial charge in [-0.25, -0.2) is 4.90 Å². The molecule has 2 aliphatic rings. The molecular formula is C45H28F6N2O6. The van der Waals surface area contributed by atoms with Crippen molar-refractivity contribution in [3.8, 4) is 34.1 Å². The lowest BCUT2D eigenvalue weighted by molar-refractivity contribution is -0.288. The molecule has 0 N–H and O–H groups in total. The molecule has 0 saturated carbocycles. The fourth-order valence-corrected chi connectivity index (χ4v) is 7.26. The fraction of sp³-hybridized carbons (Fsp3) is 0.111. The minimum Gasteiger partial charge on any atom is -0.457 e. The van der Waals surface area contributed by atoms with E-state index in [1.165, 1.54) is 24.3 Å². The van der Waals surface area contributed by atoms with E-state index in [1.807, 2.05) is 67.6 Å². The summed E-state index contributed by atoms with van der Waals surface area (Å²) in [6.07, 6.45) is -12.1. The van der Waals surface area contributed by atoms with Crippen LogP contribution in [0.4, 0.5) is 32.0 Å². The topological polar surface area (TPSA) is 93.2 Å². The van der Waals surface area contributed by atoms with Crippen molar-refractivity contribution < 1.29 is 55.0 Å². The lowest BCUT2D eigenvalue weighted by atomic mass is 9.71. The Kier molecular flexibility index (Phi) is 9.17. The average Bonchev–Trinajstić information content (AvgIpc) is 3.58. The zero-order chi connectivity index (χ0) is 42.0. The summed E-state index contributed by atoms with van der Waals surface area (Å²) in [5, 5.41) is 0. The first kappa shape index (κ1) is 38.6. The summed E-state index contributed by atoms with van der Waals surface area (Å²) in [6, 6.07) is 31.3. The molecule has 6 aromatic rings. The minimum absolute atomic E-state index is 0.0147. The summed E-state index contributed by atoms with van der Waals surface area (Å²) in [7, 11) is 1.05. The number of fused-ring (bicyclic) bond motifs is 2. The molecule has 2 heterocycles. The molecule has 6 aromatic carbocycles. The molecule has 8 rings (SSSR count). The Morgan fingerprint density at radius 1 is 0.441 bits per heavy atom. The van der Waals surface area contributed by atoms with Crippen molar-refractivity contribution in [2.45, 2.75) is 24.7 Å². The molecule has 0 spiro atoms. The molecule has 0 aliphatic carbocycles. The standard InChI is InChI=1S/C45H28F6N2O6/c1-25-3-13-31(14-4-25)58-32-15-5-26(6-16-32)27-7-17-33(18-8-27)59-34-19-11-30(12-20-34)53-41(56)36-22-10-29(24-38(36)42(53)57)43(44(46,47)48,45(49,50)51)28-9-21-35-37(23-28)40(55)52(2)39(35)54/h3-24H,1-2H3. The number of amides is 4. The first-order valence-corrected chi connectivity index (χ1v) is 17.8. The summed E-state index contributed by atoms with van der Waals surface area (Å²) in [6.45, 7) is 1.99. The van der Waals surface area contributed by atoms with Gasteiger partial charge in [0.2, 0.25) is 5.41 Å². The van der Waals surface area contributed by atoms with E-state index in [2.05, 4.69) is 0 Å². The van der Waals surface area contributed by atoms with Crippen molar-refractivity contribution >= 4 is 29.3 Å². The highest BCUT2D eigenvalue weighted by Crippen LogP contribution is 2.57. The van der Waals surface area contributed by atoms with Gasteiger partial charge in [0.25, 0.3) is 23.6 Å². The van der Waals surface area contributed by atoms with E-state index in [9.17, 15) is 19.2 Å². The number of hydrogen-bond donors (Lipinski definition) is 0. The second kappa shape index (κ2) is 14.0. The summed E-state index contributed by atoms with van der Waals surface area (Å²) in [5.74, 6) is -1.93. The molecule has 296 valence electrons. The largest absolute Gasteiger partial charge is 0.457 e. The van der Waals surface area contributed by atoms with E-state index in [4.69, 9.17) is 9.47 Å². The monoisotopic (exact) mass is 806 g/mol. The van der Waals surface area contributed by atoms with E-state index in [0.717, 1.165) is 41.6 Å². The first-order chi connectivity index (χ1) is 28.0. The van der Waals surface area contributed by atoms with E-state index < -0.39 is 69.2 Å². The average molecular weight is 807 g/mol. The van der Waals surface area contributed by atoms with Crippen molar-refractivity contribution in [2.24, 2.45) is 0 Å². The van der Waals surface area contributed by atoms with Gasteiger partial charge in [-0.1, -0.05) is 54.1 Å². The van der Waals surface area contributed by atoms with Gasteiger partial charge < -0.3 is 9.47 Å². The maximum atomic E-state index is 15.0. The summed E-state index contributed by atoms with van der Waals surface area (Å²) >= 11 is 0. The van der Waals surface area contributed by atoms with Crippen LogP contribution >= 0.6 is 0 Å². The molecule has 0 saturated heterocycles. The SMILES string of the molecule is Cc1ccc(Oc2ccc(-c3ccc(Oc4ccc(N5C(=O)c6ccc(C(c7ccc8c(c7)C(=O)N(C)C8=O)(C(F)(F)F)C(F)(F)F)cc6C5=O)cc4)cc3)cc2)cc1. The molecule has 59 heavy (non-hydrogen) atoms. The third kappa shape index (κ3) is 6.46. The van der Waals surface area contributed by atoms with Crippen LogP contribution < -0.4 is 14.4 Å². The van der Waals surface area contributed by atoms with Gasteiger partial charge in [0.15, 0.2) is 0 Å². The van der Waals surface area contributed by atoms with E-state index in [0.29, 0.717) is 51.3 Å². The first-order valence-electron chi connectivity index (χ1n) is 17.8. The van der Waals surface area contributed by atoms with Gasteiger partial charge in [-0.15, -0.1) is 0 Å². The van der Waals surface area contributed by atoms with Gasteiger partial charge in [-0.3, -0.25) is 24.1 Å². The molecular weight excluding hydrogens is 778 g/mol. The van der Waals surface area contributed by atoms with Crippen molar-refractivity contribution in [1.29, 1.82) is 0 Å². The fourth-order valence-electron chi connectivity index (χ4n) is 7.26. The summed E-state index contributed by atoms with van der Waals surface area (Å²) in [4.78, 5) is 53.3. The van der Waals surface area contributed by atoms with Gasteiger partial charge in [0, 0.05) is 7.05 Å². The van der Waals surface area contributed by atoms with Crippen LogP contribution in [0.2, 0.25) is 0 Å². The van der Waals surface area contributed by atoms with Crippen LogP contribution in [0.3, 0.4) is 0 Å². The molecule has 0 aromatic heterocycles. The molecule has 0 fully saturated rings. The number of halogens is 6. The summed E-state index contributed by atoms with van der Waals surface area (Å²) < 4.78 is 102. The molecule has 0 bridgehead atoms. The Labute approximate surface area is 331 Å². The van der Waals surface area contributed by atoms with Gasteiger partial charge >= 0.3 is 12.4 Å². The predicted molar refractivity (Wildman–Crippen MR) is 203 cm³/mol. The number of carbonyl (C=O) groups excluding carboxylic acids is 4. The zero-order valence-corrected chi connectivity index (χ0v) is 30.8. The van der Waals surface area contributed by atoms with Crippen LogP contribution in [0.1, 0.15) is 58.1 Å². The van der Waals surface area contributed by atoms with Gasteiger partial charge in [-0.2, -0.15) is 26.3 Å². The number of anilines is 1. The second-order valence-electron chi connectivity index (χ2n) is 13.9. The molecule has 0 radical (unpaired) electrons. The Bertz CT molecular complexity index is 2660. The van der Waals surface area contributed by atoms with Gasteiger partial charge in [0.1, 0.15) is 23.0 Å². The Balaban J connectivity index is 1.01. The number of ether oxygens (including phenoxy) is 2.